The van der Waals surface area contributed by atoms with Crippen molar-refractivity contribution in [2.24, 2.45) is 0 Å². The normalized spacial score (nSPS) is 15.4. The molecule has 0 saturated carbocycles. The summed E-state index contributed by atoms with van der Waals surface area (Å²) in [5.74, 6) is 0.734. The molecule has 4 rings (SSSR count). The predicted octanol–water partition coefficient (Wildman–Crippen LogP) is 5.47. The maximum absolute atomic E-state index is 12.9. The molecule has 2 aromatic carbocycles. The lowest BCUT2D eigenvalue weighted by Gasteiger charge is -2.18. The van der Waals surface area contributed by atoms with Gasteiger partial charge in [-0.2, -0.15) is 5.10 Å². The number of benzene rings is 2. The van der Waals surface area contributed by atoms with Gasteiger partial charge in [-0.05, 0) is 62.7 Å². The number of nitrogens with zero attached hydrogens (tertiary/aromatic N) is 3. The summed E-state index contributed by atoms with van der Waals surface area (Å²) in [7, 11) is 1.65. The Hall–Kier alpha value is -2.90. The standard InChI is InChI=1S/C24H23N3O2S2/c1-15(2)27-23(28)21(31-24(27)30)13-17-14-26(18-8-6-5-7-9-18)25-22(17)20-11-10-19(29-4)12-16(20)3/h5-15H,1-4H3. The van der Waals surface area contributed by atoms with E-state index >= 15 is 0 Å². The fourth-order valence-electron chi connectivity index (χ4n) is 3.51. The second-order valence-corrected chi connectivity index (χ2v) is 9.22. The molecule has 5 nitrogen and oxygen atoms in total. The number of carbonyl (C=O) groups excluding carboxylic acids is 1. The topological polar surface area (TPSA) is 47.4 Å². The zero-order valence-electron chi connectivity index (χ0n) is 17.8. The van der Waals surface area contributed by atoms with E-state index in [-0.39, 0.29) is 11.9 Å². The first-order chi connectivity index (χ1) is 14.9. The van der Waals surface area contributed by atoms with Gasteiger partial charge < -0.3 is 4.74 Å². The number of aryl methyl sites for hydroxylation is 1. The van der Waals surface area contributed by atoms with Gasteiger partial charge in [0.2, 0.25) is 0 Å². The number of ether oxygens (including phenoxy) is 1. The molecule has 0 bridgehead atoms. The van der Waals surface area contributed by atoms with Crippen LogP contribution in [0.3, 0.4) is 0 Å². The summed E-state index contributed by atoms with van der Waals surface area (Å²) in [5, 5.41) is 4.87. The first-order valence-electron chi connectivity index (χ1n) is 9.96. The van der Waals surface area contributed by atoms with Crippen molar-refractivity contribution >= 4 is 40.3 Å². The van der Waals surface area contributed by atoms with Crippen molar-refractivity contribution in [3.8, 4) is 22.7 Å². The Morgan fingerprint density at radius 2 is 1.90 bits per heavy atom. The quantitative estimate of drug-likeness (QED) is 0.382. The van der Waals surface area contributed by atoms with Gasteiger partial charge in [0.1, 0.15) is 15.8 Å². The molecule has 0 aliphatic carbocycles. The molecule has 1 saturated heterocycles. The van der Waals surface area contributed by atoms with Gasteiger partial charge in [-0.3, -0.25) is 9.69 Å². The molecular formula is C24H23N3O2S2. The van der Waals surface area contributed by atoms with E-state index in [1.807, 2.05) is 86.3 Å². The van der Waals surface area contributed by atoms with Crippen LogP contribution in [0.5, 0.6) is 5.75 Å². The predicted molar refractivity (Wildman–Crippen MR) is 130 cm³/mol. The molecule has 1 aliphatic rings. The number of hydrogen-bond acceptors (Lipinski definition) is 5. The van der Waals surface area contributed by atoms with Crippen LogP contribution in [0, 0.1) is 6.92 Å². The van der Waals surface area contributed by atoms with Crippen molar-refractivity contribution in [1.29, 1.82) is 0 Å². The molecular weight excluding hydrogens is 426 g/mol. The van der Waals surface area contributed by atoms with Crippen LogP contribution in [0.15, 0.2) is 59.6 Å². The molecule has 1 amide bonds. The third-order valence-corrected chi connectivity index (χ3v) is 6.41. The van der Waals surface area contributed by atoms with Crippen molar-refractivity contribution in [2.45, 2.75) is 26.8 Å². The number of thiocarbonyl (C=S) groups is 1. The van der Waals surface area contributed by atoms with Crippen LogP contribution in [0.1, 0.15) is 25.0 Å². The summed E-state index contributed by atoms with van der Waals surface area (Å²) in [6, 6.07) is 15.9. The fraction of sp³-hybridized carbons (Fsp3) is 0.208. The molecule has 0 atom stereocenters. The second kappa shape index (κ2) is 8.69. The van der Waals surface area contributed by atoms with E-state index in [0.717, 1.165) is 33.8 Å². The van der Waals surface area contributed by atoms with Crippen LogP contribution in [-0.2, 0) is 4.79 Å². The Labute approximate surface area is 191 Å². The minimum absolute atomic E-state index is 0.0220. The molecule has 3 aromatic rings. The molecule has 0 radical (unpaired) electrons. The van der Waals surface area contributed by atoms with E-state index in [9.17, 15) is 4.79 Å². The average Bonchev–Trinajstić information content (AvgIpc) is 3.29. The zero-order valence-corrected chi connectivity index (χ0v) is 19.5. The van der Waals surface area contributed by atoms with Gasteiger partial charge in [0.05, 0.1) is 17.7 Å². The van der Waals surface area contributed by atoms with E-state index < -0.39 is 0 Å². The molecule has 158 valence electrons. The number of hydrogen-bond donors (Lipinski definition) is 0. The molecule has 0 N–H and O–H groups in total. The fourth-order valence-corrected chi connectivity index (χ4v) is 5.03. The number of para-hydroxylation sites is 1. The lowest BCUT2D eigenvalue weighted by atomic mass is 10.0. The SMILES string of the molecule is COc1ccc(-c2nn(-c3ccccc3)cc2C=C2SC(=S)N(C(C)C)C2=O)c(C)c1. The van der Waals surface area contributed by atoms with E-state index in [1.54, 1.807) is 12.0 Å². The Morgan fingerprint density at radius 1 is 1.16 bits per heavy atom. The molecule has 0 spiro atoms. The number of carbonyl (C=O) groups is 1. The molecule has 1 aliphatic heterocycles. The number of rotatable bonds is 5. The number of thioether (sulfide) groups is 1. The molecule has 1 fully saturated rings. The van der Waals surface area contributed by atoms with Crippen molar-refractivity contribution < 1.29 is 9.53 Å². The van der Waals surface area contributed by atoms with Gasteiger partial charge in [0, 0.05) is 23.4 Å². The molecule has 31 heavy (non-hydrogen) atoms. The van der Waals surface area contributed by atoms with Crippen LogP contribution < -0.4 is 4.74 Å². The highest BCUT2D eigenvalue weighted by Gasteiger charge is 2.34. The molecule has 0 unspecified atom stereocenters. The van der Waals surface area contributed by atoms with E-state index in [1.165, 1.54) is 11.8 Å². The van der Waals surface area contributed by atoms with Crippen LogP contribution in [0.2, 0.25) is 0 Å². The number of methoxy groups -OCH3 is 1. The minimum Gasteiger partial charge on any atom is -0.497 e. The maximum Gasteiger partial charge on any atom is 0.266 e. The number of amides is 1. The highest BCUT2D eigenvalue weighted by atomic mass is 32.2. The smallest absolute Gasteiger partial charge is 0.266 e. The van der Waals surface area contributed by atoms with E-state index in [4.69, 9.17) is 22.1 Å². The molecule has 2 heterocycles. The zero-order chi connectivity index (χ0) is 22.1. The van der Waals surface area contributed by atoms with E-state index in [0.29, 0.717) is 9.23 Å². The van der Waals surface area contributed by atoms with Crippen LogP contribution in [-0.4, -0.2) is 38.1 Å². The van der Waals surface area contributed by atoms with Gasteiger partial charge in [0.15, 0.2) is 0 Å². The summed E-state index contributed by atoms with van der Waals surface area (Å²) < 4.78 is 7.78. The van der Waals surface area contributed by atoms with Gasteiger partial charge in [-0.15, -0.1) is 0 Å². The summed E-state index contributed by atoms with van der Waals surface area (Å²) in [5.41, 5.74) is 4.65. The van der Waals surface area contributed by atoms with Crippen molar-refractivity contribution in [2.75, 3.05) is 7.11 Å². The van der Waals surface area contributed by atoms with Gasteiger partial charge in [-0.25, -0.2) is 4.68 Å². The highest BCUT2D eigenvalue weighted by Crippen LogP contribution is 2.36. The largest absolute Gasteiger partial charge is 0.497 e. The molecule has 7 heteroatoms. The van der Waals surface area contributed by atoms with Crippen molar-refractivity contribution in [3.63, 3.8) is 0 Å². The highest BCUT2D eigenvalue weighted by molar-refractivity contribution is 8.26. The van der Waals surface area contributed by atoms with Crippen molar-refractivity contribution in [1.82, 2.24) is 14.7 Å². The van der Waals surface area contributed by atoms with Crippen LogP contribution in [0.25, 0.3) is 23.0 Å². The van der Waals surface area contributed by atoms with Gasteiger partial charge in [0.25, 0.3) is 5.91 Å². The monoisotopic (exact) mass is 449 g/mol. The first-order valence-corrected chi connectivity index (χ1v) is 11.2. The van der Waals surface area contributed by atoms with Crippen LogP contribution >= 0.6 is 24.0 Å². The summed E-state index contributed by atoms with van der Waals surface area (Å²) in [6.45, 7) is 5.96. The number of aromatic nitrogens is 2. The van der Waals surface area contributed by atoms with Gasteiger partial charge in [-0.1, -0.05) is 42.2 Å². The third kappa shape index (κ3) is 4.16. The van der Waals surface area contributed by atoms with Crippen LogP contribution in [0.4, 0.5) is 0 Å². The second-order valence-electron chi connectivity index (χ2n) is 7.54. The van der Waals surface area contributed by atoms with Crippen molar-refractivity contribution in [3.05, 3.63) is 70.8 Å². The van der Waals surface area contributed by atoms with E-state index in [2.05, 4.69) is 0 Å². The lowest BCUT2D eigenvalue weighted by molar-refractivity contribution is -0.123. The summed E-state index contributed by atoms with van der Waals surface area (Å²) >= 11 is 6.77. The Bertz CT molecular complexity index is 1180. The summed E-state index contributed by atoms with van der Waals surface area (Å²) in [6.07, 6.45) is 3.85. The molecule has 1 aromatic heterocycles. The Balaban J connectivity index is 1.84. The average molecular weight is 450 g/mol. The minimum atomic E-state index is -0.0603. The third-order valence-electron chi connectivity index (χ3n) is 5.08. The summed E-state index contributed by atoms with van der Waals surface area (Å²) in [4.78, 5) is 15.2. The first kappa shape index (κ1) is 21.3. The Morgan fingerprint density at radius 3 is 2.52 bits per heavy atom. The Kier molecular flexibility index (Phi) is 5.98. The lowest BCUT2D eigenvalue weighted by Crippen LogP contribution is -2.34. The van der Waals surface area contributed by atoms with Gasteiger partial charge >= 0.3 is 0 Å². The maximum atomic E-state index is 12.9.